The second kappa shape index (κ2) is 7.07. The standard InChI is InChI=1S/C15H27N3O2/c1-12(14(19)17-8-4-3-5-9-17)16-13(2)15(20)18-10-6-7-11-18/h12-13,16H,3-11H2,1-2H3. The fourth-order valence-corrected chi connectivity index (χ4v) is 3.12. The van der Waals surface area contributed by atoms with Crippen molar-refractivity contribution < 1.29 is 9.59 Å². The van der Waals surface area contributed by atoms with E-state index in [1.54, 1.807) is 0 Å². The van der Waals surface area contributed by atoms with E-state index in [0.717, 1.165) is 51.9 Å². The predicted molar refractivity (Wildman–Crippen MR) is 78.3 cm³/mol. The Morgan fingerprint density at radius 3 is 1.50 bits per heavy atom. The first-order valence-corrected chi connectivity index (χ1v) is 7.93. The Hall–Kier alpha value is -1.10. The number of nitrogens with one attached hydrogen (secondary N) is 1. The van der Waals surface area contributed by atoms with E-state index in [4.69, 9.17) is 0 Å². The molecule has 0 bridgehead atoms. The summed E-state index contributed by atoms with van der Waals surface area (Å²) in [5.41, 5.74) is 0. The lowest BCUT2D eigenvalue weighted by Gasteiger charge is -2.31. The zero-order valence-corrected chi connectivity index (χ0v) is 12.7. The average Bonchev–Trinajstić information content (AvgIpc) is 3.00. The van der Waals surface area contributed by atoms with E-state index < -0.39 is 0 Å². The molecule has 0 aromatic carbocycles. The van der Waals surface area contributed by atoms with Crippen molar-refractivity contribution >= 4 is 11.8 Å². The van der Waals surface area contributed by atoms with E-state index in [9.17, 15) is 9.59 Å². The molecule has 2 aliphatic rings. The maximum atomic E-state index is 12.3. The van der Waals surface area contributed by atoms with Gasteiger partial charge in [0.1, 0.15) is 0 Å². The van der Waals surface area contributed by atoms with Crippen molar-refractivity contribution in [2.75, 3.05) is 26.2 Å². The molecule has 2 saturated heterocycles. The fourth-order valence-electron chi connectivity index (χ4n) is 3.12. The van der Waals surface area contributed by atoms with Crippen LogP contribution >= 0.6 is 0 Å². The molecule has 2 fully saturated rings. The van der Waals surface area contributed by atoms with Crippen LogP contribution in [0.25, 0.3) is 0 Å². The smallest absolute Gasteiger partial charge is 0.239 e. The van der Waals surface area contributed by atoms with Gasteiger partial charge in [0.25, 0.3) is 0 Å². The molecule has 1 N–H and O–H groups in total. The van der Waals surface area contributed by atoms with Gasteiger partial charge in [0.2, 0.25) is 11.8 Å². The molecule has 0 aromatic rings. The van der Waals surface area contributed by atoms with Crippen LogP contribution in [0.3, 0.4) is 0 Å². The molecule has 2 amide bonds. The topological polar surface area (TPSA) is 52.7 Å². The summed E-state index contributed by atoms with van der Waals surface area (Å²) >= 11 is 0. The lowest BCUT2D eigenvalue weighted by atomic mass is 10.1. The normalized spacial score (nSPS) is 22.7. The molecule has 2 unspecified atom stereocenters. The highest BCUT2D eigenvalue weighted by molar-refractivity contribution is 5.85. The van der Waals surface area contributed by atoms with E-state index in [0.29, 0.717) is 0 Å². The molecule has 0 radical (unpaired) electrons. The van der Waals surface area contributed by atoms with Crippen LogP contribution in [-0.2, 0) is 9.59 Å². The first kappa shape index (κ1) is 15.3. The van der Waals surface area contributed by atoms with Crippen molar-refractivity contribution in [3.05, 3.63) is 0 Å². The zero-order chi connectivity index (χ0) is 14.5. The van der Waals surface area contributed by atoms with Crippen molar-refractivity contribution in [1.29, 1.82) is 0 Å². The number of carbonyl (C=O) groups excluding carboxylic acids is 2. The zero-order valence-electron chi connectivity index (χ0n) is 12.7. The third-order valence-corrected chi connectivity index (χ3v) is 4.33. The molecule has 0 aliphatic carbocycles. The van der Waals surface area contributed by atoms with Gasteiger partial charge in [-0.3, -0.25) is 14.9 Å². The Balaban J connectivity index is 1.81. The second-order valence-electron chi connectivity index (χ2n) is 6.03. The Labute approximate surface area is 121 Å². The van der Waals surface area contributed by atoms with Crippen molar-refractivity contribution in [3.63, 3.8) is 0 Å². The maximum absolute atomic E-state index is 12.3. The van der Waals surface area contributed by atoms with Gasteiger partial charge in [-0.25, -0.2) is 0 Å². The molecular formula is C15H27N3O2. The Kier molecular flexibility index (Phi) is 5.40. The summed E-state index contributed by atoms with van der Waals surface area (Å²) in [7, 11) is 0. The molecule has 5 nitrogen and oxygen atoms in total. The quantitative estimate of drug-likeness (QED) is 0.836. The summed E-state index contributed by atoms with van der Waals surface area (Å²) in [4.78, 5) is 28.4. The monoisotopic (exact) mass is 281 g/mol. The van der Waals surface area contributed by atoms with Crippen LogP contribution in [0.5, 0.6) is 0 Å². The van der Waals surface area contributed by atoms with E-state index in [1.165, 1.54) is 6.42 Å². The Morgan fingerprint density at radius 2 is 1.10 bits per heavy atom. The van der Waals surface area contributed by atoms with Crippen LogP contribution in [0.2, 0.25) is 0 Å². The van der Waals surface area contributed by atoms with Gasteiger partial charge >= 0.3 is 0 Å². The van der Waals surface area contributed by atoms with Gasteiger partial charge in [-0.05, 0) is 46.0 Å². The van der Waals surface area contributed by atoms with E-state index in [1.807, 2.05) is 23.6 Å². The molecule has 2 heterocycles. The predicted octanol–water partition coefficient (Wildman–Crippen LogP) is 0.988. The Morgan fingerprint density at radius 1 is 0.750 bits per heavy atom. The summed E-state index contributed by atoms with van der Waals surface area (Å²) in [6.07, 6.45) is 5.61. The van der Waals surface area contributed by atoms with Crippen LogP contribution in [0, 0.1) is 0 Å². The molecule has 0 saturated carbocycles. The summed E-state index contributed by atoms with van der Waals surface area (Å²) in [5, 5.41) is 3.17. The number of rotatable bonds is 4. The van der Waals surface area contributed by atoms with Gasteiger partial charge in [0.15, 0.2) is 0 Å². The summed E-state index contributed by atoms with van der Waals surface area (Å²) in [6.45, 7) is 7.17. The number of nitrogens with zero attached hydrogens (tertiary/aromatic N) is 2. The third-order valence-electron chi connectivity index (χ3n) is 4.33. The van der Waals surface area contributed by atoms with E-state index >= 15 is 0 Å². The van der Waals surface area contributed by atoms with Crippen molar-refractivity contribution in [3.8, 4) is 0 Å². The molecule has 5 heteroatoms. The van der Waals surface area contributed by atoms with Crippen LogP contribution < -0.4 is 5.32 Å². The van der Waals surface area contributed by atoms with Gasteiger partial charge in [-0.15, -0.1) is 0 Å². The van der Waals surface area contributed by atoms with Gasteiger partial charge in [0.05, 0.1) is 12.1 Å². The largest absolute Gasteiger partial charge is 0.341 e. The number of hydrogen-bond donors (Lipinski definition) is 1. The van der Waals surface area contributed by atoms with Crippen LogP contribution in [0.4, 0.5) is 0 Å². The molecular weight excluding hydrogens is 254 g/mol. The molecule has 114 valence electrons. The number of amides is 2. The van der Waals surface area contributed by atoms with Crippen LogP contribution in [0.15, 0.2) is 0 Å². The summed E-state index contributed by atoms with van der Waals surface area (Å²) < 4.78 is 0. The summed E-state index contributed by atoms with van der Waals surface area (Å²) in [5.74, 6) is 0.256. The van der Waals surface area contributed by atoms with E-state index in [2.05, 4.69) is 5.32 Å². The van der Waals surface area contributed by atoms with Crippen molar-refractivity contribution in [2.24, 2.45) is 0 Å². The highest BCUT2D eigenvalue weighted by atomic mass is 16.2. The van der Waals surface area contributed by atoms with E-state index in [-0.39, 0.29) is 23.9 Å². The minimum Gasteiger partial charge on any atom is -0.341 e. The highest BCUT2D eigenvalue weighted by Gasteiger charge is 2.28. The maximum Gasteiger partial charge on any atom is 0.239 e. The highest BCUT2D eigenvalue weighted by Crippen LogP contribution is 2.12. The fraction of sp³-hybridized carbons (Fsp3) is 0.867. The minimum absolute atomic E-state index is 0.126. The average molecular weight is 281 g/mol. The van der Waals surface area contributed by atoms with Gasteiger partial charge < -0.3 is 9.80 Å². The van der Waals surface area contributed by atoms with Gasteiger partial charge in [-0.1, -0.05) is 0 Å². The Bertz CT molecular complexity index is 347. The molecule has 2 aliphatic heterocycles. The van der Waals surface area contributed by atoms with Crippen molar-refractivity contribution in [1.82, 2.24) is 15.1 Å². The van der Waals surface area contributed by atoms with Crippen LogP contribution in [0.1, 0.15) is 46.0 Å². The van der Waals surface area contributed by atoms with Crippen molar-refractivity contribution in [2.45, 2.75) is 58.0 Å². The van der Waals surface area contributed by atoms with Gasteiger partial charge in [-0.2, -0.15) is 0 Å². The first-order chi connectivity index (χ1) is 9.59. The summed E-state index contributed by atoms with van der Waals surface area (Å²) in [6, 6.07) is -0.563. The molecule has 20 heavy (non-hydrogen) atoms. The number of carbonyl (C=O) groups is 2. The molecule has 0 spiro atoms. The lowest BCUT2D eigenvalue weighted by molar-refractivity contribution is -0.135. The number of likely N-dealkylation sites (tertiary alicyclic amines) is 2. The SMILES string of the molecule is CC(NC(C)C(=O)N1CCCC1)C(=O)N1CCCCC1. The molecule has 0 aromatic heterocycles. The lowest BCUT2D eigenvalue weighted by Crippen LogP contribution is -2.53. The second-order valence-corrected chi connectivity index (χ2v) is 6.03. The number of hydrogen-bond acceptors (Lipinski definition) is 3. The molecule has 2 atom stereocenters. The minimum atomic E-state index is -0.283. The van der Waals surface area contributed by atoms with Crippen LogP contribution in [-0.4, -0.2) is 59.9 Å². The van der Waals surface area contributed by atoms with Gasteiger partial charge in [0, 0.05) is 26.2 Å². The molecule has 2 rings (SSSR count). The first-order valence-electron chi connectivity index (χ1n) is 7.93. The third kappa shape index (κ3) is 3.72. The number of piperidine rings is 1.